The Morgan fingerprint density at radius 1 is 1.64 bits per heavy atom. The summed E-state index contributed by atoms with van der Waals surface area (Å²) in [4.78, 5) is 2.42. The molecule has 1 heterocycles. The lowest BCUT2D eigenvalue weighted by Gasteiger charge is -2.42. The van der Waals surface area contributed by atoms with E-state index in [0.29, 0.717) is 12.0 Å². The quantitative estimate of drug-likeness (QED) is 0.689. The van der Waals surface area contributed by atoms with E-state index in [9.17, 15) is 0 Å². The van der Waals surface area contributed by atoms with E-state index < -0.39 is 0 Å². The SMILES string of the molecule is C#CC(CC)N1CCCC(C)C1CN. The van der Waals surface area contributed by atoms with Gasteiger partial charge in [0.1, 0.15) is 0 Å². The fourth-order valence-corrected chi connectivity index (χ4v) is 2.48. The van der Waals surface area contributed by atoms with Crippen LogP contribution in [-0.2, 0) is 0 Å². The smallest absolute Gasteiger partial charge is 0.0712 e. The van der Waals surface area contributed by atoms with Crippen LogP contribution in [0, 0.1) is 18.3 Å². The second-order valence-corrected chi connectivity index (χ2v) is 4.25. The summed E-state index contributed by atoms with van der Waals surface area (Å²) in [6.07, 6.45) is 9.12. The van der Waals surface area contributed by atoms with Crippen molar-refractivity contribution in [3.8, 4) is 12.3 Å². The summed E-state index contributed by atoms with van der Waals surface area (Å²) in [6, 6.07) is 0.774. The first-order valence-corrected chi connectivity index (χ1v) is 5.66. The van der Waals surface area contributed by atoms with Crippen molar-refractivity contribution in [3.05, 3.63) is 0 Å². The summed E-state index contributed by atoms with van der Waals surface area (Å²) >= 11 is 0. The van der Waals surface area contributed by atoms with Crippen LogP contribution in [0.15, 0.2) is 0 Å². The third-order valence-corrected chi connectivity index (χ3v) is 3.38. The van der Waals surface area contributed by atoms with Crippen LogP contribution in [0.3, 0.4) is 0 Å². The summed E-state index contributed by atoms with van der Waals surface area (Å²) in [7, 11) is 0. The van der Waals surface area contributed by atoms with Gasteiger partial charge in [0.25, 0.3) is 0 Å². The van der Waals surface area contributed by atoms with Crippen molar-refractivity contribution in [2.45, 2.75) is 45.2 Å². The van der Waals surface area contributed by atoms with Crippen LogP contribution < -0.4 is 5.73 Å². The minimum atomic E-state index is 0.284. The Morgan fingerprint density at radius 3 is 2.86 bits per heavy atom. The van der Waals surface area contributed by atoms with Gasteiger partial charge in [0.2, 0.25) is 0 Å². The van der Waals surface area contributed by atoms with Crippen molar-refractivity contribution in [2.75, 3.05) is 13.1 Å². The summed E-state index contributed by atoms with van der Waals surface area (Å²) in [5.74, 6) is 3.57. The summed E-state index contributed by atoms with van der Waals surface area (Å²) < 4.78 is 0. The molecule has 14 heavy (non-hydrogen) atoms. The molecule has 80 valence electrons. The van der Waals surface area contributed by atoms with Gasteiger partial charge in [0.15, 0.2) is 0 Å². The molecule has 1 saturated heterocycles. The number of terminal acetylenes is 1. The molecular weight excluding hydrogens is 172 g/mol. The zero-order valence-electron chi connectivity index (χ0n) is 9.37. The van der Waals surface area contributed by atoms with Gasteiger partial charge in [-0.3, -0.25) is 4.90 Å². The number of rotatable bonds is 3. The second-order valence-electron chi connectivity index (χ2n) is 4.25. The molecule has 3 unspecified atom stereocenters. The van der Waals surface area contributed by atoms with Gasteiger partial charge in [-0.25, -0.2) is 0 Å². The predicted molar refractivity (Wildman–Crippen MR) is 60.9 cm³/mol. The Kier molecular flexibility index (Phi) is 4.44. The van der Waals surface area contributed by atoms with E-state index >= 15 is 0 Å². The monoisotopic (exact) mass is 194 g/mol. The van der Waals surface area contributed by atoms with Crippen LogP contribution in [0.5, 0.6) is 0 Å². The molecule has 0 aromatic heterocycles. The van der Waals surface area contributed by atoms with Crippen LogP contribution in [0.25, 0.3) is 0 Å². The topological polar surface area (TPSA) is 29.3 Å². The van der Waals surface area contributed by atoms with E-state index in [1.165, 1.54) is 12.8 Å². The second kappa shape index (κ2) is 5.38. The number of likely N-dealkylation sites (tertiary alicyclic amines) is 1. The van der Waals surface area contributed by atoms with Crippen LogP contribution >= 0.6 is 0 Å². The van der Waals surface area contributed by atoms with Gasteiger partial charge in [-0.05, 0) is 31.7 Å². The summed E-state index contributed by atoms with van der Waals surface area (Å²) in [5, 5.41) is 0. The molecule has 0 aliphatic carbocycles. The maximum absolute atomic E-state index is 5.82. The first-order chi connectivity index (χ1) is 6.74. The minimum absolute atomic E-state index is 0.284. The Morgan fingerprint density at radius 2 is 2.36 bits per heavy atom. The van der Waals surface area contributed by atoms with Crippen molar-refractivity contribution in [3.63, 3.8) is 0 Å². The van der Waals surface area contributed by atoms with E-state index in [1.807, 2.05) is 0 Å². The van der Waals surface area contributed by atoms with Crippen LogP contribution in [-0.4, -0.2) is 30.1 Å². The van der Waals surface area contributed by atoms with Crippen molar-refractivity contribution in [2.24, 2.45) is 11.7 Å². The van der Waals surface area contributed by atoms with E-state index in [-0.39, 0.29) is 6.04 Å². The largest absolute Gasteiger partial charge is 0.329 e. The van der Waals surface area contributed by atoms with Gasteiger partial charge in [0.05, 0.1) is 6.04 Å². The molecule has 2 nitrogen and oxygen atoms in total. The van der Waals surface area contributed by atoms with E-state index in [1.54, 1.807) is 0 Å². The molecule has 0 spiro atoms. The average molecular weight is 194 g/mol. The van der Waals surface area contributed by atoms with Crippen LogP contribution in [0.2, 0.25) is 0 Å². The zero-order valence-corrected chi connectivity index (χ0v) is 9.37. The highest BCUT2D eigenvalue weighted by Crippen LogP contribution is 2.25. The van der Waals surface area contributed by atoms with Crippen molar-refractivity contribution >= 4 is 0 Å². The normalized spacial score (nSPS) is 31.0. The molecule has 2 N–H and O–H groups in total. The van der Waals surface area contributed by atoms with Gasteiger partial charge < -0.3 is 5.73 Å². The van der Waals surface area contributed by atoms with Crippen molar-refractivity contribution in [1.29, 1.82) is 0 Å². The fourth-order valence-electron chi connectivity index (χ4n) is 2.48. The Bertz CT molecular complexity index is 207. The molecule has 0 saturated carbocycles. The van der Waals surface area contributed by atoms with Gasteiger partial charge in [0, 0.05) is 12.6 Å². The predicted octanol–water partition coefficient (Wildman–Crippen LogP) is 1.46. The number of nitrogens with zero attached hydrogens (tertiary/aromatic N) is 1. The lowest BCUT2D eigenvalue weighted by atomic mass is 9.89. The maximum atomic E-state index is 5.82. The molecule has 3 atom stereocenters. The minimum Gasteiger partial charge on any atom is -0.329 e. The molecule has 0 aromatic rings. The molecule has 2 heteroatoms. The van der Waals surface area contributed by atoms with Crippen LogP contribution in [0.1, 0.15) is 33.1 Å². The molecule has 1 fully saturated rings. The highest BCUT2D eigenvalue weighted by molar-refractivity contribution is 5.02. The lowest BCUT2D eigenvalue weighted by molar-refractivity contribution is 0.0823. The van der Waals surface area contributed by atoms with Gasteiger partial charge in [-0.15, -0.1) is 6.42 Å². The van der Waals surface area contributed by atoms with E-state index in [4.69, 9.17) is 12.2 Å². The first kappa shape index (κ1) is 11.6. The first-order valence-electron chi connectivity index (χ1n) is 5.66. The Labute approximate surface area is 87.8 Å². The van der Waals surface area contributed by atoms with Crippen LogP contribution in [0.4, 0.5) is 0 Å². The molecule has 0 bridgehead atoms. The number of hydrogen-bond acceptors (Lipinski definition) is 2. The number of hydrogen-bond donors (Lipinski definition) is 1. The number of piperidine rings is 1. The third-order valence-electron chi connectivity index (χ3n) is 3.38. The van der Waals surface area contributed by atoms with E-state index in [2.05, 4.69) is 24.7 Å². The van der Waals surface area contributed by atoms with Crippen molar-refractivity contribution in [1.82, 2.24) is 4.90 Å². The lowest BCUT2D eigenvalue weighted by Crippen LogP contribution is -2.52. The number of nitrogens with two attached hydrogens (primary N) is 1. The standard InChI is InChI=1S/C12H22N2/c1-4-11(5-2)14-8-6-7-10(3)12(14)9-13/h1,10-12H,5-9,13H2,2-3H3. The zero-order chi connectivity index (χ0) is 10.6. The highest BCUT2D eigenvalue weighted by atomic mass is 15.2. The maximum Gasteiger partial charge on any atom is 0.0712 e. The summed E-state index contributed by atoms with van der Waals surface area (Å²) in [6.45, 7) is 6.29. The van der Waals surface area contributed by atoms with Gasteiger partial charge >= 0.3 is 0 Å². The Balaban J connectivity index is 2.69. The fraction of sp³-hybridized carbons (Fsp3) is 0.833. The molecule has 0 radical (unpaired) electrons. The Hall–Kier alpha value is -0.520. The third kappa shape index (κ3) is 2.29. The van der Waals surface area contributed by atoms with Crippen molar-refractivity contribution < 1.29 is 0 Å². The molecule has 1 rings (SSSR count). The average Bonchev–Trinajstić information content (AvgIpc) is 2.20. The van der Waals surface area contributed by atoms with Gasteiger partial charge in [-0.2, -0.15) is 0 Å². The summed E-state index contributed by atoms with van der Waals surface area (Å²) in [5.41, 5.74) is 5.82. The molecule has 1 aliphatic rings. The molecular formula is C12H22N2. The van der Waals surface area contributed by atoms with E-state index in [0.717, 1.165) is 19.5 Å². The molecule has 0 amide bonds. The molecule has 1 aliphatic heterocycles. The van der Waals surface area contributed by atoms with Gasteiger partial charge in [-0.1, -0.05) is 19.8 Å². The highest BCUT2D eigenvalue weighted by Gasteiger charge is 2.30. The molecule has 0 aromatic carbocycles.